The predicted molar refractivity (Wildman–Crippen MR) is 286 cm³/mol. The highest BCUT2D eigenvalue weighted by Gasteiger charge is 2.19. The van der Waals surface area contributed by atoms with Gasteiger partial charge in [-0.15, -0.1) is 0 Å². The van der Waals surface area contributed by atoms with Crippen LogP contribution in [0.2, 0.25) is 0 Å². The zero-order valence-corrected chi connectivity index (χ0v) is 38.2. The van der Waals surface area contributed by atoms with Crippen molar-refractivity contribution in [2.75, 3.05) is 16.0 Å². The Balaban J connectivity index is 1.30. The molecule has 1 aliphatic carbocycles. The molecule has 0 radical (unpaired) electrons. The molecule has 3 nitrogen and oxygen atoms in total. The van der Waals surface area contributed by atoms with Crippen molar-refractivity contribution in [2.45, 2.75) is 33.6 Å². The minimum absolute atomic E-state index is 0.713. The van der Waals surface area contributed by atoms with Crippen molar-refractivity contribution in [3.8, 4) is 11.1 Å². The molecule has 0 heterocycles. The third kappa shape index (κ3) is 10.6. The highest BCUT2D eigenvalue weighted by molar-refractivity contribution is 6.08. The predicted octanol–water partition coefficient (Wildman–Crippen LogP) is 16.7. The molecular formula is C63H57N3. The van der Waals surface area contributed by atoms with Gasteiger partial charge >= 0.3 is 0 Å². The Morgan fingerprint density at radius 1 is 0.591 bits per heavy atom. The molecule has 324 valence electrons. The number of hydrogen-bond donors (Lipinski definition) is 2. The third-order valence-electron chi connectivity index (χ3n) is 12.0. The highest BCUT2D eigenvalue weighted by Crippen LogP contribution is 2.41. The van der Waals surface area contributed by atoms with Crippen LogP contribution in [-0.4, -0.2) is 0 Å². The van der Waals surface area contributed by atoms with Crippen LogP contribution in [-0.2, 0) is 0 Å². The molecule has 3 N–H and O–H groups in total. The summed E-state index contributed by atoms with van der Waals surface area (Å²) in [5.74, 6) is 0. The van der Waals surface area contributed by atoms with Gasteiger partial charge in [-0.1, -0.05) is 183 Å². The Labute approximate surface area is 392 Å². The second kappa shape index (κ2) is 21.5. The highest BCUT2D eigenvalue weighted by atomic mass is 15.1. The number of nitrogens with zero attached hydrogens (tertiary/aromatic N) is 1. The van der Waals surface area contributed by atoms with Gasteiger partial charge in [0.15, 0.2) is 0 Å². The van der Waals surface area contributed by atoms with E-state index in [0.717, 1.165) is 74.4 Å². The summed E-state index contributed by atoms with van der Waals surface area (Å²) in [6.07, 6.45) is 25.4. The summed E-state index contributed by atoms with van der Waals surface area (Å²) >= 11 is 0. The average molecular weight is 856 g/mol. The summed E-state index contributed by atoms with van der Waals surface area (Å²) in [6.45, 7) is 10.4. The first-order valence-electron chi connectivity index (χ1n) is 22.7. The van der Waals surface area contributed by atoms with Gasteiger partial charge in [-0.05, 0) is 155 Å². The van der Waals surface area contributed by atoms with E-state index in [-0.39, 0.29) is 0 Å². The maximum absolute atomic E-state index is 7.01. The van der Waals surface area contributed by atoms with E-state index in [1.54, 1.807) is 6.08 Å². The van der Waals surface area contributed by atoms with Gasteiger partial charge in [-0.3, -0.25) is 0 Å². The van der Waals surface area contributed by atoms with Crippen LogP contribution in [0.3, 0.4) is 0 Å². The number of hydrogen-bond acceptors (Lipinski definition) is 3. The van der Waals surface area contributed by atoms with Crippen molar-refractivity contribution < 1.29 is 0 Å². The van der Waals surface area contributed by atoms with Crippen LogP contribution in [0.4, 0.5) is 22.7 Å². The molecule has 0 amide bonds. The Bertz CT molecular complexity index is 3030. The number of para-hydroxylation sites is 2. The van der Waals surface area contributed by atoms with E-state index in [1.807, 2.05) is 36.4 Å². The summed E-state index contributed by atoms with van der Waals surface area (Å²) < 4.78 is 0. The largest absolute Gasteiger partial charge is 0.398 e. The molecule has 0 bridgehead atoms. The maximum atomic E-state index is 7.01. The molecule has 7 aromatic carbocycles. The van der Waals surface area contributed by atoms with Gasteiger partial charge in [-0.2, -0.15) is 0 Å². The SMILES string of the molecule is C=C/C=C\C=C/N(c1ccccc1)c1ccc(C)c(N/C=C/C(=C\C(=C(\c2ccc(-c3ccccc3)cc2)c2ccc(C3=CCCC=C3)cc2C)c2ccccc2N)c2ccccc2C)c1. The van der Waals surface area contributed by atoms with Crippen molar-refractivity contribution in [3.05, 3.63) is 288 Å². The van der Waals surface area contributed by atoms with E-state index in [0.29, 0.717) is 5.69 Å². The summed E-state index contributed by atoms with van der Waals surface area (Å²) in [4.78, 5) is 2.19. The zero-order valence-electron chi connectivity index (χ0n) is 38.2. The van der Waals surface area contributed by atoms with Crippen LogP contribution < -0.4 is 16.0 Å². The van der Waals surface area contributed by atoms with Crippen LogP contribution in [0.15, 0.2) is 244 Å². The summed E-state index contributed by atoms with van der Waals surface area (Å²) in [5, 5.41) is 3.69. The van der Waals surface area contributed by atoms with Crippen LogP contribution >= 0.6 is 0 Å². The Morgan fingerprint density at radius 2 is 1.29 bits per heavy atom. The fourth-order valence-electron chi connectivity index (χ4n) is 8.49. The summed E-state index contributed by atoms with van der Waals surface area (Å²) in [6, 6.07) is 60.2. The Morgan fingerprint density at radius 3 is 2.00 bits per heavy atom. The summed E-state index contributed by atoms with van der Waals surface area (Å²) in [5.41, 5.74) is 26.7. The molecule has 0 atom stereocenters. The molecule has 0 spiro atoms. The number of nitrogens with two attached hydrogens (primary N) is 1. The number of anilines is 4. The summed E-state index contributed by atoms with van der Waals surface area (Å²) in [7, 11) is 0. The Hall–Kier alpha value is -8.14. The van der Waals surface area contributed by atoms with Crippen molar-refractivity contribution in [1.29, 1.82) is 0 Å². The van der Waals surface area contributed by atoms with Crippen LogP contribution in [0.1, 0.15) is 57.3 Å². The number of benzene rings is 7. The minimum atomic E-state index is 0.713. The van der Waals surface area contributed by atoms with Crippen LogP contribution in [0, 0.1) is 20.8 Å². The molecule has 0 aromatic heterocycles. The van der Waals surface area contributed by atoms with E-state index in [4.69, 9.17) is 5.73 Å². The molecule has 8 rings (SSSR count). The molecule has 66 heavy (non-hydrogen) atoms. The number of nitrogen functional groups attached to an aromatic ring is 1. The number of aryl methyl sites for hydroxylation is 3. The van der Waals surface area contributed by atoms with Crippen molar-refractivity contribution in [1.82, 2.24) is 0 Å². The molecule has 3 heteroatoms. The molecule has 7 aromatic rings. The van der Waals surface area contributed by atoms with E-state index in [2.05, 4.69) is 232 Å². The van der Waals surface area contributed by atoms with Crippen molar-refractivity contribution >= 4 is 45.0 Å². The van der Waals surface area contributed by atoms with Gasteiger partial charge in [0.25, 0.3) is 0 Å². The normalized spacial score (nSPS) is 13.3. The smallest absolute Gasteiger partial charge is 0.0476 e. The first-order chi connectivity index (χ1) is 32.4. The van der Waals surface area contributed by atoms with Gasteiger partial charge in [0.05, 0.1) is 0 Å². The van der Waals surface area contributed by atoms with Crippen molar-refractivity contribution in [2.24, 2.45) is 0 Å². The molecule has 0 fully saturated rings. The average Bonchev–Trinajstić information content (AvgIpc) is 3.36. The molecule has 0 aliphatic heterocycles. The van der Waals surface area contributed by atoms with Crippen LogP contribution in [0.25, 0.3) is 33.4 Å². The van der Waals surface area contributed by atoms with Gasteiger partial charge in [0.1, 0.15) is 0 Å². The lowest BCUT2D eigenvalue weighted by molar-refractivity contribution is 1.04. The third-order valence-corrected chi connectivity index (χ3v) is 12.0. The van der Waals surface area contributed by atoms with E-state index < -0.39 is 0 Å². The van der Waals surface area contributed by atoms with Gasteiger partial charge in [0.2, 0.25) is 0 Å². The van der Waals surface area contributed by atoms with Gasteiger partial charge in [0, 0.05) is 40.7 Å². The first-order valence-corrected chi connectivity index (χ1v) is 22.7. The molecular weight excluding hydrogens is 799 g/mol. The van der Waals surface area contributed by atoms with Crippen molar-refractivity contribution in [3.63, 3.8) is 0 Å². The van der Waals surface area contributed by atoms with Gasteiger partial charge < -0.3 is 16.0 Å². The lowest BCUT2D eigenvalue weighted by Crippen LogP contribution is -2.08. The zero-order chi connectivity index (χ0) is 45.7. The lowest BCUT2D eigenvalue weighted by Gasteiger charge is -2.22. The first kappa shape index (κ1) is 44.5. The Kier molecular flexibility index (Phi) is 14.5. The maximum Gasteiger partial charge on any atom is 0.0476 e. The monoisotopic (exact) mass is 855 g/mol. The number of allylic oxidation sites excluding steroid dienone is 12. The molecule has 1 aliphatic rings. The van der Waals surface area contributed by atoms with E-state index in [9.17, 15) is 0 Å². The van der Waals surface area contributed by atoms with E-state index in [1.165, 1.54) is 33.4 Å². The fourth-order valence-corrected chi connectivity index (χ4v) is 8.49. The van der Waals surface area contributed by atoms with Crippen LogP contribution in [0.5, 0.6) is 0 Å². The van der Waals surface area contributed by atoms with Gasteiger partial charge in [-0.25, -0.2) is 0 Å². The fraction of sp³-hybridized carbons (Fsp3) is 0.0794. The lowest BCUT2D eigenvalue weighted by atomic mass is 9.84. The number of nitrogens with one attached hydrogen (secondary N) is 1. The molecule has 0 saturated carbocycles. The topological polar surface area (TPSA) is 41.3 Å². The second-order valence-corrected chi connectivity index (χ2v) is 16.5. The van der Waals surface area contributed by atoms with E-state index >= 15 is 0 Å². The standard InChI is InChI=1S/C63H57N3/c1-5-6-7-21-42-66(55-27-15-10-16-28-55)56-38-32-47(3)62(45-56)65-41-40-54(57-29-18-17-22-46(57)2)44-60(59-30-19-20-31-61(59)64)63(52-35-33-51(34-36-52)49-23-11-8-12-24-49)58-39-37-53(43-48(58)4)50-25-13-9-14-26-50/h5-8,10-13,15-45,65H,1,9,14,64H2,2-4H3/b7-6-,41-40+,42-21-,54-44+,63-60+. The second-order valence-electron chi connectivity index (χ2n) is 16.5. The molecule has 0 saturated heterocycles. The number of rotatable bonds is 15. The molecule has 0 unspecified atom stereocenters. The minimum Gasteiger partial charge on any atom is -0.398 e. The quantitative estimate of drug-likeness (QED) is 0.0613.